The average molecular weight is 434 g/mol. The van der Waals surface area contributed by atoms with Gasteiger partial charge in [-0.15, -0.1) is 6.58 Å². The summed E-state index contributed by atoms with van der Waals surface area (Å²) in [5, 5.41) is 15.6. The van der Waals surface area contributed by atoms with Crippen LogP contribution >= 0.6 is 11.6 Å². The zero-order chi connectivity index (χ0) is 22.1. The lowest BCUT2D eigenvalue weighted by Gasteiger charge is -2.08. The average Bonchev–Trinajstić information content (AvgIpc) is 2.72. The zero-order valence-electron chi connectivity index (χ0n) is 15.4. The largest absolute Gasteiger partial charge is 0.452 e. The van der Waals surface area contributed by atoms with E-state index in [-0.39, 0.29) is 34.3 Å². The van der Waals surface area contributed by atoms with E-state index in [0.717, 1.165) is 6.07 Å². The van der Waals surface area contributed by atoms with Gasteiger partial charge in [0.25, 0.3) is 5.91 Å². The number of esters is 1. The molecule has 0 heterocycles. The summed E-state index contributed by atoms with van der Waals surface area (Å²) in [4.78, 5) is 45.3. The third-order valence-electron chi connectivity index (χ3n) is 3.43. The number of ether oxygens (including phenoxy) is 2. The van der Waals surface area contributed by atoms with Crippen LogP contribution in [0.3, 0.4) is 0 Å². The summed E-state index contributed by atoms with van der Waals surface area (Å²) in [6.07, 6.45) is 1.43. The summed E-state index contributed by atoms with van der Waals surface area (Å²) < 4.78 is 10.3. The molecule has 0 aliphatic carbocycles. The number of nitro benzene ring substituents is 1. The van der Waals surface area contributed by atoms with Gasteiger partial charge in [0.05, 0.1) is 10.5 Å². The number of rotatable bonds is 8. The minimum absolute atomic E-state index is 0.0221. The lowest BCUT2D eigenvalue weighted by molar-refractivity contribution is -0.385. The standard InChI is InChI=1S/C19H16ClN3O7/c1-2-9-21-19(26)22-17(24)11-29-18(25)12-3-6-14(7-4-12)30-16-8-5-13(20)10-15(16)23(27)28/h2-8,10H,1,9,11H2,(H2,21,22,24,26). The van der Waals surface area contributed by atoms with Crippen molar-refractivity contribution < 1.29 is 28.8 Å². The molecule has 2 aromatic rings. The Bertz CT molecular complexity index is 977. The highest BCUT2D eigenvalue weighted by Crippen LogP contribution is 2.33. The number of nitrogens with zero attached hydrogens (tertiary/aromatic N) is 1. The second-order valence-electron chi connectivity index (χ2n) is 5.62. The van der Waals surface area contributed by atoms with Crippen LogP contribution in [0.25, 0.3) is 0 Å². The minimum atomic E-state index is -0.806. The Morgan fingerprint density at radius 2 is 1.87 bits per heavy atom. The maximum absolute atomic E-state index is 12.0. The number of carbonyl (C=O) groups excluding carboxylic acids is 3. The summed E-state index contributed by atoms with van der Waals surface area (Å²) in [5.74, 6) is -1.40. The van der Waals surface area contributed by atoms with Crippen molar-refractivity contribution >= 4 is 35.2 Å². The number of amides is 3. The van der Waals surface area contributed by atoms with Crippen molar-refractivity contribution in [3.63, 3.8) is 0 Å². The molecule has 10 nitrogen and oxygen atoms in total. The number of carbonyl (C=O) groups is 3. The molecule has 11 heteroatoms. The quantitative estimate of drug-likeness (QED) is 0.282. The number of hydrogen-bond donors (Lipinski definition) is 2. The van der Waals surface area contributed by atoms with Crippen LogP contribution in [0.2, 0.25) is 5.02 Å². The number of benzene rings is 2. The molecule has 0 bridgehead atoms. The first-order valence-electron chi connectivity index (χ1n) is 8.37. The molecule has 0 unspecified atom stereocenters. The predicted octanol–water partition coefficient (Wildman–Crippen LogP) is 3.21. The number of hydrogen-bond acceptors (Lipinski definition) is 7. The fraction of sp³-hybridized carbons (Fsp3) is 0.105. The fourth-order valence-corrected chi connectivity index (χ4v) is 2.26. The lowest BCUT2D eigenvalue weighted by atomic mass is 10.2. The lowest BCUT2D eigenvalue weighted by Crippen LogP contribution is -2.41. The van der Waals surface area contributed by atoms with Gasteiger partial charge in [-0.05, 0) is 36.4 Å². The van der Waals surface area contributed by atoms with Crippen molar-refractivity contribution in [1.82, 2.24) is 10.6 Å². The molecule has 0 aliphatic heterocycles. The Balaban J connectivity index is 1.93. The van der Waals surface area contributed by atoms with Crippen LogP contribution in [-0.2, 0) is 9.53 Å². The molecule has 0 aromatic heterocycles. The van der Waals surface area contributed by atoms with Gasteiger partial charge in [0, 0.05) is 17.6 Å². The van der Waals surface area contributed by atoms with Crippen molar-refractivity contribution in [2.45, 2.75) is 0 Å². The topological polar surface area (TPSA) is 137 Å². The third-order valence-corrected chi connectivity index (χ3v) is 3.66. The van der Waals surface area contributed by atoms with Gasteiger partial charge in [-0.2, -0.15) is 0 Å². The van der Waals surface area contributed by atoms with E-state index in [1.807, 2.05) is 5.32 Å². The molecule has 30 heavy (non-hydrogen) atoms. The summed E-state index contributed by atoms with van der Waals surface area (Å²) in [5.41, 5.74) is -0.203. The highest BCUT2D eigenvalue weighted by Gasteiger charge is 2.17. The Morgan fingerprint density at radius 3 is 2.50 bits per heavy atom. The maximum atomic E-state index is 12.0. The molecule has 0 saturated heterocycles. The van der Waals surface area contributed by atoms with Crippen molar-refractivity contribution in [3.8, 4) is 11.5 Å². The molecule has 2 aromatic carbocycles. The van der Waals surface area contributed by atoms with E-state index in [9.17, 15) is 24.5 Å². The second-order valence-corrected chi connectivity index (χ2v) is 6.06. The van der Waals surface area contributed by atoms with Gasteiger partial charge in [0.1, 0.15) is 5.75 Å². The molecule has 3 amide bonds. The molecule has 2 rings (SSSR count). The van der Waals surface area contributed by atoms with Gasteiger partial charge in [-0.25, -0.2) is 9.59 Å². The number of imide groups is 1. The molecule has 156 valence electrons. The van der Waals surface area contributed by atoms with E-state index in [1.54, 1.807) is 0 Å². The molecule has 0 aliphatic rings. The van der Waals surface area contributed by atoms with Crippen LogP contribution in [0.4, 0.5) is 10.5 Å². The number of nitro groups is 1. The predicted molar refractivity (Wildman–Crippen MR) is 107 cm³/mol. The van der Waals surface area contributed by atoms with Crippen LogP contribution < -0.4 is 15.4 Å². The monoisotopic (exact) mass is 433 g/mol. The van der Waals surface area contributed by atoms with E-state index in [1.165, 1.54) is 42.5 Å². The molecule has 0 spiro atoms. The van der Waals surface area contributed by atoms with Crippen molar-refractivity contribution in [2.75, 3.05) is 13.2 Å². The van der Waals surface area contributed by atoms with Gasteiger partial charge in [0.2, 0.25) is 5.75 Å². The Hall–Kier alpha value is -3.92. The highest BCUT2D eigenvalue weighted by molar-refractivity contribution is 6.30. The maximum Gasteiger partial charge on any atom is 0.338 e. The molecule has 0 fully saturated rings. The molecule has 2 N–H and O–H groups in total. The third kappa shape index (κ3) is 6.60. The Morgan fingerprint density at radius 1 is 1.17 bits per heavy atom. The SMILES string of the molecule is C=CCNC(=O)NC(=O)COC(=O)c1ccc(Oc2ccc(Cl)cc2[N+](=O)[O-])cc1. The van der Waals surface area contributed by atoms with Gasteiger partial charge >= 0.3 is 17.7 Å². The van der Waals surface area contributed by atoms with Crippen LogP contribution in [-0.4, -0.2) is 36.0 Å². The molecule has 0 radical (unpaired) electrons. The van der Waals surface area contributed by atoms with E-state index in [4.69, 9.17) is 21.1 Å². The van der Waals surface area contributed by atoms with Gasteiger partial charge in [-0.1, -0.05) is 17.7 Å². The number of urea groups is 1. The van der Waals surface area contributed by atoms with E-state index in [0.29, 0.717) is 0 Å². The molecular weight excluding hydrogens is 418 g/mol. The summed E-state index contributed by atoms with van der Waals surface area (Å²) in [6, 6.07) is 8.72. The van der Waals surface area contributed by atoms with Crippen molar-refractivity contribution in [3.05, 3.63) is 75.8 Å². The summed E-state index contributed by atoms with van der Waals surface area (Å²) in [6.45, 7) is 2.92. The van der Waals surface area contributed by atoms with Gasteiger partial charge < -0.3 is 14.8 Å². The van der Waals surface area contributed by atoms with Gasteiger partial charge in [0.15, 0.2) is 6.61 Å². The number of nitrogens with one attached hydrogen (secondary N) is 2. The fourth-order valence-electron chi connectivity index (χ4n) is 2.09. The normalized spacial score (nSPS) is 9.90. The molecular formula is C19H16ClN3O7. The first kappa shape index (κ1) is 22.4. The van der Waals surface area contributed by atoms with Crippen LogP contribution in [0.5, 0.6) is 11.5 Å². The van der Waals surface area contributed by atoms with Crippen LogP contribution in [0.1, 0.15) is 10.4 Å². The molecule has 0 saturated carbocycles. The highest BCUT2D eigenvalue weighted by atomic mass is 35.5. The zero-order valence-corrected chi connectivity index (χ0v) is 16.2. The first-order valence-corrected chi connectivity index (χ1v) is 8.75. The van der Waals surface area contributed by atoms with E-state index < -0.39 is 29.4 Å². The second kappa shape index (κ2) is 10.6. The van der Waals surface area contributed by atoms with Crippen LogP contribution in [0, 0.1) is 10.1 Å². The van der Waals surface area contributed by atoms with Crippen molar-refractivity contribution in [2.24, 2.45) is 0 Å². The first-order chi connectivity index (χ1) is 14.3. The Labute approximate surface area is 175 Å². The Kier molecular flexibility index (Phi) is 7.89. The summed E-state index contributed by atoms with van der Waals surface area (Å²) >= 11 is 5.76. The number of halogens is 1. The molecule has 0 atom stereocenters. The van der Waals surface area contributed by atoms with E-state index in [2.05, 4.69) is 11.9 Å². The van der Waals surface area contributed by atoms with Gasteiger partial charge in [-0.3, -0.25) is 20.2 Å². The smallest absolute Gasteiger partial charge is 0.338 e. The van der Waals surface area contributed by atoms with Crippen molar-refractivity contribution in [1.29, 1.82) is 0 Å². The minimum Gasteiger partial charge on any atom is -0.452 e. The summed E-state index contributed by atoms with van der Waals surface area (Å²) in [7, 11) is 0. The van der Waals surface area contributed by atoms with E-state index >= 15 is 0 Å². The van der Waals surface area contributed by atoms with Crippen LogP contribution in [0.15, 0.2) is 55.1 Å².